The third kappa shape index (κ3) is 6.72. The molecule has 8 nitrogen and oxygen atoms in total. The molecular weight excluding hydrogens is 396 g/mol. The Hall–Kier alpha value is -3.20. The molecule has 0 aliphatic carbocycles. The Morgan fingerprint density at radius 2 is 1.86 bits per heavy atom. The average molecular weight is 418 g/mol. The predicted molar refractivity (Wildman–Crippen MR) is 109 cm³/mol. The van der Waals surface area contributed by atoms with Gasteiger partial charge in [-0.05, 0) is 37.3 Å². The van der Waals surface area contributed by atoms with E-state index in [1.54, 1.807) is 30.3 Å². The molecule has 0 atom stereocenters. The molecular formula is C20H22N2O6S. The second kappa shape index (κ2) is 11.0. The van der Waals surface area contributed by atoms with Crippen LogP contribution in [0.5, 0.6) is 11.5 Å². The molecule has 0 aromatic heterocycles. The van der Waals surface area contributed by atoms with Gasteiger partial charge in [-0.3, -0.25) is 9.59 Å². The van der Waals surface area contributed by atoms with Gasteiger partial charge >= 0.3 is 5.97 Å². The van der Waals surface area contributed by atoms with Gasteiger partial charge in [0.1, 0.15) is 0 Å². The molecule has 154 valence electrons. The van der Waals surface area contributed by atoms with Gasteiger partial charge in [0.25, 0.3) is 5.91 Å². The number of para-hydroxylation sites is 1. The molecule has 2 rings (SSSR count). The lowest BCUT2D eigenvalue weighted by atomic mass is 10.2. The number of primary amides is 1. The number of nitrogens with one attached hydrogen (secondary N) is 1. The zero-order valence-corrected chi connectivity index (χ0v) is 16.9. The highest BCUT2D eigenvalue weighted by Gasteiger charge is 2.15. The summed E-state index contributed by atoms with van der Waals surface area (Å²) in [7, 11) is 1.50. The number of nitrogens with two attached hydrogens (primary N) is 1. The molecule has 2 aromatic carbocycles. The lowest BCUT2D eigenvalue weighted by molar-refractivity contribution is -0.119. The Balaban J connectivity index is 1.97. The molecule has 9 heteroatoms. The molecule has 2 aromatic rings. The van der Waals surface area contributed by atoms with Crippen LogP contribution in [0.25, 0.3) is 0 Å². The van der Waals surface area contributed by atoms with Crippen molar-refractivity contribution in [2.75, 3.05) is 31.4 Å². The Morgan fingerprint density at radius 3 is 2.55 bits per heavy atom. The van der Waals surface area contributed by atoms with Crippen molar-refractivity contribution in [1.29, 1.82) is 0 Å². The van der Waals surface area contributed by atoms with Gasteiger partial charge in [0, 0.05) is 4.90 Å². The first kappa shape index (κ1) is 22.1. The largest absolute Gasteiger partial charge is 0.493 e. The van der Waals surface area contributed by atoms with Gasteiger partial charge in [0.05, 0.1) is 30.7 Å². The van der Waals surface area contributed by atoms with Crippen molar-refractivity contribution in [2.45, 2.75) is 11.8 Å². The normalized spacial score (nSPS) is 10.1. The van der Waals surface area contributed by atoms with Crippen LogP contribution < -0.4 is 20.5 Å². The number of hydrogen-bond donors (Lipinski definition) is 2. The minimum absolute atomic E-state index is 0.0848. The van der Waals surface area contributed by atoms with E-state index in [0.717, 1.165) is 0 Å². The van der Waals surface area contributed by atoms with Crippen LogP contribution in [0.4, 0.5) is 5.69 Å². The van der Waals surface area contributed by atoms with Gasteiger partial charge in [-0.2, -0.15) is 0 Å². The van der Waals surface area contributed by atoms with Crippen LogP contribution in [0.1, 0.15) is 17.3 Å². The number of amides is 2. The lowest BCUT2D eigenvalue weighted by Crippen LogP contribution is -2.21. The van der Waals surface area contributed by atoms with Crippen LogP contribution in [-0.2, 0) is 14.3 Å². The van der Waals surface area contributed by atoms with Crippen molar-refractivity contribution in [2.24, 2.45) is 5.73 Å². The average Bonchev–Trinajstić information content (AvgIpc) is 2.71. The Kier molecular flexibility index (Phi) is 8.35. The van der Waals surface area contributed by atoms with E-state index in [2.05, 4.69) is 5.32 Å². The van der Waals surface area contributed by atoms with E-state index in [9.17, 15) is 14.4 Å². The van der Waals surface area contributed by atoms with Gasteiger partial charge in [-0.15, -0.1) is 11.8 Å². The second-order valence-corrected chi connectivity index (χ2v) is 6.69. The van der Waals surface area contributed by atoms with Crippen LogP contribution in [0.15, 0.2) is 47.4 Å². The van der Waals surface area contributed by atoms with Crippen LogP contribution in [0.2, 0.25) is 0 Å². The number of methoxy groups -OCH3 is 1. The van der Waals surface area contributed by atoms with E-state index in [1.165, 1.54) is 31.0 Å². The third-order valence-corrected chi connectivity index (χ3v) is 4.66. The molecule has 3 N–H and O–H groups in total. The van der Waals surface area contributed by atoms with E-state index in [1.807, 2.05) is 6.92 Å². The SMILES string of the molecule is CCOc1cc(C(=O)OCC(=O)Nc2ccccc2SCC(N)=O)ccc1OC. The van der Waals surface area contributed by atoms with Crippen molar-refractivity contribution < 1.29 is 28.6 Å². The zero-order chi connectivity index (χ0) is 21.2. The molecule has 0 fully saturated rings. The zero-order valence-electron chi connectivity index (χ0n) is 16.1. The summed E-state index contributed by atoms with van der Waals surface area (Å²) in [6.45, 7) is 1.75. The summed E-state index contributed by atoms with van der Waals surface area (Å²) in [6, 6.07) is 11.6. The maximum absolute atomic E-state index is 12.2. The predicted octanol–water partition coefficient (Wildman–Crippen LogP) is 2.47. The summed E-state index contributed by atoms with van der Waals surface area (Å²) in [4.78, 5) is 36.1. The van der Waals surface area contributed by atoms with E-state index in [0.29, 0.717) is 28.7 Å². The lowest BCUT2D eigenvalue weighted by Gasteiger charge is -2.12. The minimum Gasteiger partial charge on any atom is -0.493 e. The first-order valence-corrected chi connectivity index (χ1v) is 9.71. The number of anilines is 1. The summed E-state index contributed by atoms with van der Waals surface area (Å²) >= 11 is 1.21. The highest BCUT2D eigenvalue weighted by atomic mass is 32.2. The van der Waals surface area contributed by atoms with Gasteiger partial charge in [0.15, 0.2) is 18.1 Å². The number of hydrogen-bond acceptors (Lipinski definition) is 7. The molecule has 0 heterocycles. The molecule has 0 aliphatic rings. The summed E-state index contributed by atoms with van der Waals surface area (Å²) in [6.07, 6.45) is 0. The number of benzene rings is 2. The maximum atomic E-state index is 12.2. The number of carbonyl (C=O) groups is 3. The topological polar surface area (TPSA) is 117 Å². The van der Waals surface area contributed by atoms with E-state index in [-0.39, 0.29) is 11.3 Å². The quantitative estimate of drug-likeness (QED) is 0.450. The molecule has 2 amide bonds. The van der Waals surface area contributed by atoms with Crippen LogP contribution in [0.3, 0.4) is 0 Å². The smallest absolute Gasteiger partial charge is 0.338 e. The third-order valence-electron chi connectivity index (χ3n) is 3.56. The van der Waals surface area contributed by atoms with Gasteiger partial charge in [0.2, 0.25) is 5.91 Å². The first-order chi connectivity index (χ1) is 13.9. The van der Waals surface area contributed by atoms with Gasteiger partial charge < -0.3 is 25.3 Å². The van der Waals surface area contributed by atoms with Crippen molar-refractivity contribution in [3.05, 3.63) is 48.0 Å². The molecule has 0 radical (unpaired) electrons. The summed E-state index contributed by atoms with van der Waals surface area (Å²) < 4.78 is 15.7. The fourth-order valence-electron chi connectivity index (χ4n) is 2.32. The maximum Gasteiger partial charge on any atom is 0.338 e. The fraction of sp³-hybridized carbons (Fsp3) is 0.250. The number of esters is 1. The van der Waals surface area contributed by atoms with E-state index >= 15 is 0 Å². The first-order valence-electron chi connectivity index (χ1n) is 8.72. The summed E-state index contributed by atoms with van der Waals surface area (Å²) in [5.41, 5.74) is 5.89. The molecule has 0 saturated carbocycles. The van der Waals surface area contributed by atoms with Crippen LogP contribution in [0, 0.1) is 0 Å². The standard InChI is InChI=1S/C20H22N2O6S/c1-3-27-16-10-13(8-9-15(16)26-2)20(25)28-11-19(24)22-14-6-4-5-7-17(14)29-12-18(21)23/h4-10H,3,11-12H2,1-2H3,(H2,21,23)(H,22,24). The van der Waals surface area contributed by atoms with Gasteiger partial charge in [-0.25, -0.2) is 4.79 Å². The highest BCUT2D eigenvalue weighted by Crippen LogP contribution is 2.28. The Labute approximate surface area is 172 Å². The molecule has 0 saturated heterocycles. The second-order valence-electron chi connectivity index (χ2n) is 5.67. The van der Waals surface area contributed by atoms with Crippen LogP contribution in [-0.4, -0.2) is 43.9 Å². The number of ether oxygens (including phenoxy) is 3. The summed E-state index contributed by atoms with van der Waals surface area (Å²) in [5.74, 6) is -0.651. The highest BCUT2D eigenvalue weighted by molar-refractivity contribution is 8.00. The Morgan fingerprint density at radius 1 is 1.10 bits per heavy atom. The van der Waals surface area contributed by atoms with E-state index < -0.39 is 24.4 Å². The summed E-state index contributed by atoms with van der Waals surface area (Å²) in [5, 5.41) is 2.66. The van der Waals surface area contributed by atoms with Crippen LogP contribution >= 0.6 is 11.8 Å². The van der Waals surface area contributed by atoms with Crippen molar-refractivity contribution in [1.82, 2.24) is 0 Å². The fourth-order valence-corrected chi connectivity index (χ4v) is 3.06. The number of thioether (sulfide) groups is 1. The minimum atomic E-state index is -0.667. The molecule has 0 unspecified atom stereocenters. The van der Waals surface area contributed by atoms with Gasteiger partial charge in [-0.1, -0.05) is 12.1 Å². The number of rotatable bonds is 10. The monoisotopic (exact) mass is 418 g/mol. The molecule has 29 heavy (non-hydrogen) atoms. The van der Waals surface area contributed by atoms with E-state index in [4.69, 9.17) is 19.9 Å². The Bertz CT molecular complexity index is 887. The molecule has 0 aliphatic heterocycles. The van der Waals surface area contributed by atoms with Crippen molar-refractivity contribution >= 4 is 35.2 Å². The molecule has 0 spiro atoms. The van der Waals surface area contributed by atoms with Crippen molar-refractivity contribution in [3.8, 4) is 11.5 Å². The molecule has 0 bridgehead atoms. The van der Waals surface area contributed by atoms with Crippen molar-refractivity contribution in [3.63, 3.8) is 0 Å². The number of carbonyl (C=O) groups excluding carboxylic acids is 3.